The first kappa shape index (κ1) is 21.1. The van der Waals surface area contributed by atoms with Gasteiger partial charge in [-0.25, -0.2) is 8.78 Å². The molecule has 0 aromatic carbocycles. The Hall–Kier alpha value is -0.180. The van der Waals surface area contributed by atoms with Crippen LogP contribution in [0.4, 0.5) is 8.78 Å². The molecule has 0 saturated heterocycles. The first-order chi connectivity index (χ1) is 8.75. The molecule has 0 radical (unpaired) electrons. The maximum atomic E-state index is 13.2. The standard InChI is InChI=1S/C12H20F2.2C2H6.H2O.H2/c13-11-6-10(7-12(14)8-11)9-4-2-1-3-5-9;2*1-2;;/h9-12H,1-8H2;2*1-2H3;1H2;1H. The Bertz CT molecular complexity index is 177. The number of alkyl halides is 2. The minimum Gasteiger partial charge on any atom is -0.412 e. The maximum absolute atomic E-state index is 13.2. The molecule has 0 heterocycles. The molecule has 2 aliphatic carbocycles. The van der Waals surface area contributed by atoms with Crippen LogP contribution in [-0.4, -0.2) is 17.8 Å². The Morgan fingerprint density at radius 1 is 0.684 bits per heavy atom. The molecular weight excluding hydrogens is 246 g/mol. The molecule has 3 heteroatoms. The molecule has 2 rings (SSSR count). The van der Waals surface area contributed by atoms with Crippen LogP contribution < -0.4 is 0 Å². The zero-order valence-electron chi connectivity index (χ0n) is 13.2. The smallest absolute Gasteiger partial charge is 0.103 e. The van der Waals surface area contributed by atoms with Crippen LogP contribution >= 0.6 is 0 Å². The molecule has 2 aliphatic rings. The summed E-state index contributed by atoms with van der Waals surface area (Å²) in [6, 6.07) is 0. The summed E-state index contributed by atoms with van der Waals surface area (Å²) in [5.41, 5.74) is 0. The molecule has 2 atom stereocenters. The molecule has 0 aromatic rings. The van der Waals surface area contributed by atoms with Crippen molar-refractivity contribution in [3.63, 3.8) is 0 Å². The highest BCUT2D eigenvalue weighted by molar-refractivity contribution is 4.84. The molecule has 19 heavy (non-hydrogen) atoms. The largest absolute Gasteiger partial charge is 0.412 e. The van der Waals surface area contributed by atoms with Gasteiger partial charge in [0.15, 0.2) is 0 Å². The van der Waals surface area contributed by atoms with Crippen molar-refractivity contribution in [1.29, 1.82) is 0 Å². The van der Waals surface area contributed by atoms with Crippen LogP contribution in [0.5, 0.6) is 0 Å². The summed E-state index contributed by atoms with van der Waals surface area (Å²) in [7, 11) is 0. The first-order valence-electron chi connectivity index (χ1n) is 8.04. The van der Waals surface area contributed by atoms with E-state index in [9.17, 15) is 8.78 Å². The molecule has 0 aromatic heterocycles. The summed E-state index contributed by atoms with van der Waals surface area (Å²) in [5.74, 6) is 0.967. The van der Waals surface area contributed by atoms with Gasteiger partial charge in [-0.3, -0.25) is 0 Å². The highest BCUT2D eigenvalue weighted by Gasteiger charge is 2.33. The van der Waals surface area contributed by atoms with Crippen LogP contribution in [0.3, 0.4) is 0 Å². The normalized spacial score (nSPS) is 30.9. The highest BCUT2D eigenvalue weighted by Crippen LogP contribution is 2.39. The lowest BCUT2D eigenvalue weighted by Gasteiger charge is -2.35. The molecule has 2 saturated carbocycles. The van der Waals surface area contributed by atoms with Crippen LogP contribution in [0.2, 0.25) is 0 Å². The first-order valence-corrected chi connectivity index (χ1v) is 8.04. The zero-order chi connectivity index (χ0) is 14.0. The van der Waals surface area contributed by atoms with E-state index in [4.69, 9.17) is 0 Å². The van der Waals surface area contributed by atoms with Crippen LogP contribution in [-0.2, 0) is 0 Å². The van der Waals surface area contributed by atoms with Crippen LogP contribution in [0.25, 0.3) is 0 Å². The summed E-state index contributed by atoms with van der Waals surface area (Å²) >= 11 is 0. The van der Waals surface area contributed by atoms with Crippen LogP contribution in [0.1, 0.15) is 80.5 Å². The Kier molecular flexibility index (Phi) is 14.3. The molecule has 2 N–H and O–H groups in total. The fourth-order valence-corrected chi connectivity index (χ4v) is 3.21. The number of hydrogen-bond donors (Lipinski definition) is 0. The van der Waals surface area contributed by atoms with Gasteiger partial charge in [-0.05, 0) is 24.7 Å². The Balaban J connectivity index is -0.000000444. The second-order valence-electron chi connectivity index (χ2n) is 5.06. The van der Waals surface area contributed by atoms with Gasteiger partial charge in [0.2, 0.25) is 0 Å². The van der Waals surface area contributed by atoms with Gasteiger partial charge in [-0.1, -0.05) is 59.8 Å². The van der Waals surface area contributed by atoms with Gasteiger partial charge >= 0.3 is 0 Å². The third-order valence-electron chi connectivity index (χ3n) is 3.95. The van der Waals surface area contributed by atoms with E-state index in [1.165, 1.54) is 32.1 Å². The topological polar surface area (TPSA) is 31.5 Å². The predicted molar refractivity (Wildman–Crippen MR) is 82.1 cm³/mol. The fourth-order valence-electron chi connectivity index (χ4n) is 3.21. The van der Waals surface area contributed by atoms with Crippen molar-refractivity contribution < 1.29 is 15.7 Å². The zero-order valence-corrected chi connectivity index (χ0v) is 13.2. The van der Waals surface area contributed by atoms with E-state index in [1.54, 1.807) is 0 Å². The minimum absolute atomic E-state index is 0. The SMILES string of the molecule is CC.CC.FC1CC(F)CC(C2CCCCC2)C1.O.[HH]. The van der Waals surface area contributed by atoms with Gasteiger partial charge in [-0.15, -0.1) is 0 Å². The molecule has 2 unspecified atom stereocenters. The number of rotatable bonds is 1. The quantitative estimate of drug-likeness (QED) is 0.606. The molecule has 0 amide bonds. The summed E-state index contributed by atoms with van der Waals surface area (Å²) < 4.78 is 26.4. The van der Waals surface area contributed by atoms with Gasteiger partial charge < -0.3 is 5.48 Å². The fraction of sp³-hybridized carbons (Fsp3) is 1.00. The van der Waals surface area contributed by atoms with E-state index >= 15 is 0 Å². The second kappa shape index (κ2) is 12.8. The summed E-state index contributed by atoms with van der Waals surface area (Å²) in [6.45, 7) is 8.00. The van der Waals surface area contributed by atoms with Gasteiger partial charge in [0.05, 0.1) is 0 Å². The molecule has 1 nitrogen and oxygen atoms in total. The number of halogens is 2. The highest BCUT2D eigenvalue weighted by atomic mass is 19.1. The minimum atomic E-state index is -0.870. The molecule has 0 bridgehead atoms. The van der Waals surface area contributed by atoms with E-state index < -0.39 is 12.3 Å². The molecule has 2 fully saturated rings. The van der Waals surface area contributed by atoms with Crippen molar-refractivity contribution in [2.45, 2.75) is 91.4 Å². The second-order valence-corrected chi connectivity index (χ2v) is 5.06. The van der Waals surface area contributed by atoms with Crippen molar-refractivity contribution in [3.8, 4) is 0 Å². The van der Waals surface area contributed by atoms with Gasteiger partial charge in [0.1, 0.15) is 12.3 Å². The molecule has 0 aliphatic heterocycles. The van der Waals surface area contributed by atoms with Crippen molar-refractivity contribution >= 4 is 0 Å². The summed E-state index contributed by atoms with van der Waals surface area (Å²) in [6.07, 6.45) is 5.97. The van der Waals surface area contributed by atoms with Gasteiger partial charge in [0, 0.05) is 7.85 Å². The Labute approximate surface area is 120 Å². The van der Waals surface area contributed by atoms with E-state index in [0.29, 0.717) is 24.7 Å². The number of hydrogen-bond acceptors (Lipinski definition) is 0. The van der Waals surface area contributed by atoms with Gasteiger partial charge in [0.25, 0.3) is 0 Å². The lowest BCUT2D eigenvalue weighted by atomic mass is 9.72. The van der Waals surface area contributed by atoms with E-state index in [1.807, 2.05) is 27.7 Å². The van der Waals surface area contributed by atoms with Crippen molar-refractivity contribution in [2.75, 3.05) is 0 Å². The molecule has 0 spiro atoms. The van der Waals surface area contributed by atoms with Crippen LogP contribution in [0, 0.1) is 11.8 Å². The van der Waals surface area contributed by atoms with Crippen molar-refractivity contribution in [1.82, 2.24) is 0 Å². The Morgan fingerprint density at radius 2 is 1.11 bits per heavy atom. The predicted octanol–water partition coefficient (Wildman–Crippen LogP) is 5.52. The average molecular weight is 282 g/mol. The van der Waals surface area contributed by atoms with Crippen molar-refractivity contribution in [2.24, 2.45) is 11.8 Å². The lowest BCUT2D eigenvalue weighted by molar-refractivity contribution is 0.0743. The summed E-state index contributed by atoms with van der Waals surface area (Å²) in [5, 5.41) is 0. The molecular formula is C16H36F2O. The lowest BCUT2D eigenvalue weighted by Crippen LogP contribution is -2.30. The summed E-state index contributed by atoms with van der Waals surface area (Å²) in [4.78, 5) is 0. The average Bonchev–Trinajstić information content (AvgIpc) is 2.43. The van der Waals surface area contributed by atoms with E-state index in [-0.39, 0.29) is 13.3 Å². The van der Waals surface area contributed by atoms with E-state index in [2.05, 4.69) is 0 Å². The third-order valence-corrected chi connectivity index (χ3v) is 3.95. The third kappa shape index (κ3) is 7.86. The molecule has 120 valence electrons. The van der Waals surface area contributed by atoms with E-state index in [0.717, 1.165) is 0 Å². The van der Waals surface area contributed by atoms with Gasteiger partial charge in [-0.2, -0.15) is 0 Å². The Morgan fingerprint density at radius 3 is 1.53 bits per heavy atom. The monoisotopic (exact) mass is 282 g/mol. The van der Waals surface area contributed by atoms with Crippen LogP contribution in [0.15, 0.2) is 0 Å². The van der Waals surface area contributed by atoms with Crippen molar-refractivity contribution in [3.05, 3.63) is 0 Å². The maximum Gasteiger partial charge on any atom is 0.103 e.